The fourth-order valence-electron chi connectivity index (χ4n) is 3.61. The number of halogens is 1. The largest absolute Gasteiger partial charge is 0.853 e. The van der Waals surface area contributed by atoms with Crippen LogP contribution in [0.1, 0.15) is 12.5 Å². The molecule has 4 rings (SSSR count). The lowest BCUT2D eigenvalue weighted by atomic mass is 10.1. The lowest BCUT2D eigenvalue weighted by Crippen LogP contribution is -2.32. The Morgan fingerprint density at radius 3 is 2.80 bits per heavy atom. The first-order valence-corrected chi connectivity index (χ1v) is 11.2. The SMILES string of the molecule is CC[n+]1ccc(/C=C/C=C/C=C2\Sc3ccccc3N2CC[O-])c2ccc(Cl)cc21. The monoisotopic (exact) mass is 434 g/mol. The van der Waals surface area contributed by atoms with E-state index in [9.17, 15) is 5.11 Å². The van der Waals surface area contributed by atoms with E-state index in [2.05, 4.69) is 59.0 Å². The molecule has 0 bridgehead atoms. The number of rotatable bonds is 6. The third kappa shape index (κ3) is 4.31. The predicted octanol–water partition coefficient (Wildman–Crippen LogP) is 5.18. The van der Waals surface area contributed by atoms with Crippen molar-refractivity contribution in [1.82, 2.24) is 0 Å². The summed E-state index contributed by atoms with van der Waals surface area (Å²) in [6, 6.07) is 16.3. The molecule has 0 saturated heterocycles. The van der Waals surface area contributed by atoms with Crippen molar-refractivity contribution in [2.45, 2.75) is 18.4 Å². The van der Waals surface area contributed by atoms with Crippen LogP contribution in [0.2, 0.25) is 5.02 Å². The summed E-state index contributed by atoms with van der Waals surface area (Å²) in [5.41, 5.74) is 3.40. The van der Waals surface area contributed by atoms with Gasteiger partial charge in [0, 0.05) is 28.6 Å². The first-order valence-electron chi connectivity index (χ1n) is 10.0. The van der Waals surface area contributed by atoms with Gasteiger partial charge < -0.3 is 10.0 Å². The maximum atomic E-state index is 11.2. The van der Waals surface area contributed by atoms with Crippen molar-refractivity contribution in [1.29, 1.82) is 0 Å². The Bertz CT molecular complexity index is 1150. The Morgan fingerprint density at radius 1 is 1.10 bits per heavy atom. The van der Waals surface area contributed by atoms with Crippen molar-refractivity contribution in [3.8, 4) is 0 Å². The lowest BCUT2D eigenvalue weighted by Gasteiger charge is -2.21. The molecule has 0 N–H and O–H groups in total. The zero-order valence-electron chi connectivity index (χ0n) is 16.8. The van der Waals surface area contributed by atoms with E-state index in [1.807, 2.05) is 42.5 Å². The topological polar surface area (TPSA) is 30.2 Å². The smallest absolute Gasteiger partial charge is 0.214 e. The molecule has 0 radical (unpaired) electrons. The van der Waals surface area contributed by atoms with E-state index >= 15 is 0 Å². The van der Waals surface area contributed by atoms with E-state index in [1.165, 1.54) is 10.3 Å². The van der Waals surface area contributed by atoms with Crippen LogP contribution in [0, 0.1) is 0 Å². The van der Waals surface area contributed by atoms with E-state index in [1.54, 1.807) is 11.8 Å². The number of aromatic nitrogens is 1. The van der Waals surface area contributed by atoms with Gasteiger partial charge in [0.15, 0.2) is 6.20 Å². The molecular formula is C25H23ClN2OS. The summed E-state index contributed by atoms with van der Waals surface area (Å²) in [6.45, 7) is 3.38. The second-order valence-electron chi connectivity index (χ2n) is 6.89. The van der Waals surface area contributed by atoms with Crippen LogP contribution in [0.15, 0.2) is 89.0 Å². The highest BCUT2D eigenvalue weighted by atomic mass is 35.5. The lowest BCUT2D eigenvalue weighted by molar-refractivity contribution is -0.667. The summed E-state index contributed by atoms with van der Waals surface area (Å²) >= 11 is 7.90. The fraction of sp³-hybridized carbons (Fsp3) is 0.160. The molecule has 2 heterocycles. The van der Waals surface area contributed by atoms with Gasteiger partial charge in [-0.05, 0) is 42.8 Å². The molecule has 0 saturated carbocycles. The molecule has 1 aliphatic heterocycles. The Kier molecular flexibility index (Phi) is 6.58. The number of aryl methyl sites for hydroxylation is 1. The summed E-state index contributed by atoms with van der Waals surface area (Å²) in [4.78, 5) is 3.29. The molecule has 1 aromatic heterocycles. The van der Waals surface area contributed by atoms with E-state index < -0.39 is 0 Å². The fourth-order valence-corrected chi connectivity index (χ4v) is 4.88. The molecule has 0 aliphatic carbocycles. The predicted molar refractivity (Wildman–Crippen MR) is 126 cm³/mol. The van der Waals surface area contributed by atoms with Gasteiger partial charge >= 0.3 is 0 Å². The van der Waals surface area contributed by atoms with Crippen LogP contribution >= 0.6 is 23.4 Å². The molecule has 3 nitrogen and oxygen atoms in total. The number of hydrogen-bond donors (Lipinski definition) is 0. The van der Waals surface area contributed by atoms with Gasteiger partial charge in [-0.15, -0.1) is 6.61 Å². The highest BCUT2D eigenvalue weighted by Crippen LogP contribution is 2.45. The number of hydrogen-bond acceptors (Lipinski definition) is 3. The maximum Gasteiger partial charge on any atom is 0.214 e. The molecule has 1 aliphatic rings. The Morgan fingerprint density at radius 2 is 1.97 bits per heavy atom. The third-order valence-electron chi connectivity index (χ3n) is 5.04. The maximum absolute atomic E-state index is 11.2. The number of para-hydroxylation sites is 1. The molecule has 2 aromatic carbocycles. The van der Waals surface area contributed by atoms with Gasteiger partial charge in [0.1, 0.15) is 6.54 Å². The highest BCUT2D eigenvalue weighted by molar-refractivity contribution is 8.03. The minimum atomic E-state index is -0.126. The second-order valence-corrected chi connectivity index (χ2v) is 8.39. The molecule has 30 heavy (non-hydrogen) atoms. The van der Waals surface area contributed by atoms with Gasteiger partial charge in [0.2, 0.25) is 5.52 Å². The zero-order valence-corrected chi connectivity index (χ0v) is 18.4. The first kappa shape index (κ1) is 20.7. The molecular weight excluding hydrogens is 412 g/mol. The molecule has 0 spiro atoms. The molecule has 0 amide bonds. The van der Waals surface area contributed by atoms with Crippen LogP contribution in [-0.4, -0.2) is 13.2 Å². The van der Waals surface area contributed by atoms with Crippen LogP contribution in [0.25, 0.3) is 17.0 Å². The molecule has 3 aromatic rings. The average molecular weight is 435 g/mol. The van der Waals surface area contributed by atoms with Crippen molar-refractivity contribution in [3.05, 3.63) is 94.6 Å². The number of pyridine rings is 1. The number of nitrogens with zero attached hydrogens (tertiary/aromatic N) is 2. The Balaban J connectivity index is 1.54. The van der Waals surface area contributed by atoms with E-state index in [0.717, 1.165) is 33.4 Å². The number of anilines is 1. The van der Waals surface area contributed by atoms with E-state index in [-0.39, 0.29) is 6.61 Å². The summed E-state index contributed by atoms with van der Waals surface area (Å²) < 4.78 is 2.19. The standard InChI is InChI=1S/C25H23ClN2OS/c1-2-27-15-14-19(21-13-12-20(26)18-23(21)27)8-4-3-5-11-25-28(16-17-29)22-9-6-7-10-24(22)30-25/h3-15,18H,2,16-17H2,1H3. The number of allylic oxidation sites excluding steroid dienone is 4. The average Bonchev–Trinajstić information content (AvgIpc) is 3.11. The minimum Gasteiger partial charge on any atom is -0.853 e. The van der Waals surface area contributed by atoms with Crippen LogP contribution in [0.5, 0.6) is 0 Å². The van der Waals surface area contributed by atoms with E-state index in [0.29, 0.717) is 6.54 Å². The van der Waals surface area contributed by atoms with E-state index in [4.69, 9.17) is 11.6 Å². The first-order chi connectivity index (χ1) is 14.7. The van der Waals surface area contributed by atoms with Gasteiger partial charge in [-0.1, -0.05) is 59.8 Å². The molecule has 152 valence electrons. The summed E-state index contributed by atoms with van der Waals surface area (Å²) in [5.74, 6) is 0. The normalized spacial score (nSPS) is 15.2. The van der Waals surface area contributed by atoms with Crippen LogP contribution in [-0.2, 0) is 6.54 Å². The quantitative estimate of drug-likeness (QED) is 0.395. The molecule has 5 heteroatoms. The molecule has 0 unspecified atom stereocenters. The summed E-state index contributed by atoms with van der Waals surface area (Å²) in [7, 11) is 0. The Hall–Kier alpha value is -2.53. The summed E-state index contributed by atoms with van der Waals surface area (Å²) in [5, 5.41) is 14.2. The second kappa shape index (κ2) is 9.52. The molecule has 0 fully saturated rings. The molecule has 0 atom stereocenters. The van der Waals surface area contributed by atoms with Crippen molar-refractivity contribution in [3.63, 3.8) is 0 Å². The number of fused-ring (bicyclic) bond motifs is 2. The third-order valence-corrected chi connectivity index (χ3v) is 6.41. The van der Waals surface area contributed by atoms with Crippen LogP contribution in [0.4, 0.5) is 5.69 Å². The minimum absolute atomic E-state index is 0.126. The van der Waals surface area contributed by atoms with Crippen molar-refractivity contribution in [2.75, 3.05) is 18.1 Å². The van der Waals surface area contributed by atoms with Crippen LogP contribution < -0.4 is 14.6 Å². The summed E-state index contributed by atoms with van der Waals surface area (Å²) in [6.07, 6.45) is 12.4. The number of thioether (sulfide) groups is 1. The van der Waals surface area contributed by atoms with Gasteiger partial charge in [0.25, 0.3) is 0 Å². The van der Waals surface area contributed by atoms with Crippen molar-refractivity contribution < 1.29 is 9.67 Å². The van der Waals surface area contributed by atoms with Gasteiger partial charge in [-0.2, -0.15) is 4.57 Å². The van der Waals surface area contributed by atoms with Crippen molar-refractivity contribution in [2.24, 2.45) is 0 Å². The number of benzene rings is 2. The van der Waals surface area contributed by atoms with Gasteiger partial charge in [-0.25, -0.2) is 0 Å². The Labute approximate surface area is 186 Å². The highest BCUT2D eigenvalue weighted by Gasteiger charge is 2.22. The zero-order chi connectivity index (χ0) is 20.9. The van der Waals surface area contributed by atoms with Crippen molar-refractivity contribution >= 4 is 46.0 Å². The van der Waals surface area contributed by atoms with Gasteiger partial charge in [0.05, 0.1) is 16.1 Å². The van der Waals surface area contributed by atoms with Gasteiger partial charge in [-0.3, -0.25) is 0 Å². The van der Waals surface area contributed by atoms with Crippen LogP contribution in [0.3, 0.4) is 0 Å².